The number of hydrogen-bond donors (Lipinski definition) is 1. The Bertz CT molecular complexity index is 695. The molecule has 3 aliphatic rings. The third-order valence-electron chi connectivity index (χ3n) is 6.32. The summed E-state index contributed by atoms with van der Waals surface area (Å²) >= 11 is 3.25. The van der Waals surface area contributed by atoms with Crippen LogP contribution in [0.4, 0.5) is 10.2 Å². The van der Waals surface area contributed by atoms with E-state index in [0.29, 0.717) is 16.8 Å². The van der Waals surface area contributed by atoms with E-state index in [4.69, 9.17) is 0 Å². The molecule has 0 bridgehead atoms. The molecule has 1 amide bonds. The van der Waals surface area contributed by atoms with Crippen molar-refractivity contribution in [1.29, 1.82) is 0 Å². The Morgan fingerprint density at radius 2 is 2.00 bits per heavy atom. The fraction of sp³-hybridized carbons (Fsp3) is 0.684. The predicted molar refractivity (Wildman–Crippen MR) is 100 cm³/mol. The lowest BCUT2D eigenvalue weighted by Crippen LogP contribution is -2.50. The molecule has 1 spiro atoms. The van der Waals surface area contributed by atoms with Crippen molar-refractivity contribution in [2.24, 2.45) is 5.41 Å². The summed E-state index contributed by atoms with van der Waals surface area (Å²) < 4.78 is 15.0. The van der Waals surface area contributed by atoms with Gasteiger partial charge in [-0.05, 0) is 66.9 Å². The number of aliphatic hydroxyl groups is 1. The second-order valence-electron chi connectivity index (χ2n) is 7.98. The summed E-state index contributed by atoms with van der Waals surface area (Å²) in [6.07, 6.45) is 7.30. The molecule has 1 saturated carbocycles. The molecule has 0 radical (unpaired) electrons. The smallest absolute Gasteiger partial charge is 0.230 e. The maximum atomic E-state index is 14.4. The van der Waals surface area contributed by atoms with Crippen LogP contribution in [-0.2, 0) is 4.79 Å². The van der Waals surface area contributed by atoms with Gasteiger partial charge in [-0.3, -0.25) is 4.79 Å². The van der Waals surface area contributed by atoms with E-state index in [1.165, 1.54) is 6.07 Å². The Morgan fingerprint density at radius 3 is 2.73 bits per heavy atom. The molecule has 2 saturated heterocycles. The number of carbonyl (C=O) groups is 1. The normalized spacial score (nSPS) is 32.5. The van der Waals surface area contributed by atoms with Crippen LogP contribution in [0, 0.1) is 11.2 Å². The van der Waals surface area contributed by atoms with Crippen molar-refractivity contribution in [2.45, 2.75) is 57.1 Å². The van der Waals surface area contributed by atoms with E-state index < -0.39 is 5.41 Å². The summed E-state index contributed by atoms with van der Waals surface area (Å²) in [6.45, 7) is 2.06. The number of nitrogens with zero attached hydrogens (tertiary/aromatic N) is 3. The molecule has 4 rings (SSSR count). The van der Waals surface area contributed by atoms with Crippen LogP contribution in [0.5, 0.6) is 0 Å². The first-order valence-corrected chi connectivity index (χ1v) is 10.3. The lowest BCUT2D eigenvalue weighted by atomic mass is 9.78. The molecule has 1 unspecified atom stereocenters. The van der Waals surface area contributed by atoms with Crippen LogP contribution in [0.1, 0.15) is 44.9 Å². The maximum absolute atomic E-state index is 14.4. The van der Waals surface area contributed by atoms with Crippen LogP contribution >= 0.6 is 15.9 Å². The van der Waals surface area contributed by atoms with Gasteiger partial charge in [-0.1, -0.05) is 0 Å². The summed E-state index contributed by atoms with van der Waals surface area (Å²) in [7, 11) is 0. The highest BCUT2D eigenvalue weighted by molar-refractivity contribution is 9.10. The Morgan fingerprint density at radius 1 is 1.23 bits per heavy atom. The third-order valence-corrected chi connectivity index (χ3v) is 6.75. The number of pyridine rings is 1. The van der Waals surface area contributed by atoms with Crippen LogP contribution in [0.25, 0.3) is 0 Å². The summed E-state index contributed by atoms with van der Waals surface area (Å²) in [5.74, 6) is 0.223. The Labute approximate surface area is 161 Å². The Hall–Kier alpha value is -1.21. The lowest BCUT2D eigenvalue weighted by Gasteiger charge is -2.41. The second kappa shape index (κ2) is 7.08. The van der Waals surface area contributed by atoms with Gasteiger partial charge in [0.1, 0.15) is 0 Å². The zero-order valence-electron chi connectivity index (χ0n) is 14.8. The molecule has 7 heteroatoms. The molecule has 1 aromatic heterocycles. The summed E-state index contributed by atoms with van der Waals surface area (Å²) in [6, 6.07) is 1.68. The van der Waals surface area contributed by atoms with Gasteiger partial charge in [0.05, 0.1) is 11.5 Å². The molecular weight excluding hydrogens is 401 g/mol. The molecule has 3 fully saturated rings. The fourth-order valence-electron chi connectivity index (χ4n) is 4.90. The Balaban J connectivity index is 1.50. The highest BCUT2D eigenvalue weighted by Gasteiger charge is 2.51. The van der Waals surface area contributed by atoms with Crippen LogP contribution in [0.15, 0.2) is 16.7 Å². The Kier molecular flexibility index (Phi) is 4.94. The van der Waals surface area contributed by atoms with Gasteiger partial charge in [0.25, 0.3) is 0 Å². The van der Waals surface area contributed by atoms with Gasteiger partial charge < -0.3 is 14.9 Å². The van der Waals surface area contributed by atoms with Gasteiger partial charge in [0.15, 0.2) is 11.6 Å². The van der Waals surface area contributed by atoms with E-state index in [9.17, 15) is 14.3 Å². The molecule has 5 nitrogen and oxygen atoms in total. The zero-order chi connectivity index (χ0) is 18.3. The van der Waals surface area contributed by atoms with Crippen LogP contribution in [0.2, 0.25) is 0 Å². The lowest BCUT2D eigenvalue weighted by molar-refractivity contribution is -0.139. The van der Waals surface area contributed by atoms with Crippen molar-refractivity contribution >= 4 is 27.7 Å². The van der Waals surface area contributed by atoms with Gasteiger partial charge in [-0.15, -0.1) is 0 Å². The first-order chi connectivity index (χ1) is 12.5. The molecule has 142 valence electrons. The third kappa shape index (κ3) is 3.24. The number of likely N-dealkylation sites (tertiary alicyclic amines) is 1. The minimum absolute atomic E-state index is 0.213. The topological polar surface area (TPSA) is 56.7 Å². The van der Waals surface area contributed by atoms with Crippen LogP contribution in [0.3, 0.4) is 0 Å². The molecular formula is C19H25BrFN3O2. The van der Waals surface area contributed by atoms with Crippen LogP contribution < -0.4 is 4.90 Å². The highest BCUT2D eigenvalue weighted by atomic mass is 79.9. The van der Waals surface area contributed by atoms with E-state index >= 15 is 0 Å². The molecule has 0 aromatic carbocycles. The van der Waals surface area contributed by atoms with E-state index in [1.807, 2.05) is 9.80 Å². The van der Waals surface area contributed by atoms with E-state index in [-0.39, 0.29) is 23.9 Å². The number of carbonyl (C=O) groups excluding carboxylic acids is 1. The molecule has 1 aliphatic carbocycles. The number of rotatable bonds is 2. The number of aliphatic hydroxyl groups excluding tert-OH is 1. The number of amides is 1. The van der Waals surface area contributed by atoms with E-state index in [1.54, 1.807) is 6.20 Å². The van der Waals surface area contributed by atoms with Gasteiger partial charge in [-0.25, -0.2) is 9.37 Å². The fourth-order valence-corrected chi connectivity index (χ4v) is 5.20. The molecule has 1 aromatic rings. The van der Waals surface area contributed by atoms with Gasteiger partial charge in [0.2, 0.25) is 5.91 Å². The van der Waals surface area contributed by atoms with Crippen molar-refractivity contribution in [3.63, 3.8) is 0 Å². The summed E-state index contributed by atoms with van der Waals surface area (Å²) in [4.78, 5) is 21.5. The summed E-state index contributed by atoms with van der Waals surface area (Å²) in [5, 5.41) is 9.73. The van der Waals surface area contributed by atoms with E-state index in [0.717, 1.165) is 58.0 Å². The average molecular weight is 426 g/mol. The number of piperidine rings is 1. The number of aromatic nitrogens is 1. The SMILES string of the molecule is O=C1N(C2CCC(O)CC2)CCC12CCCN(c1ncc(Br)cc1F)C2. The minimum Gasteiger partial charge on any atom is -0.393 e. The molecule has 3 heterocycles. The van der Waals surface area contributed by atoms with E-state index in [2.05, 4.69) is 20.9 Å². The van der Waals surface area contributed by atoms with Crippen LogP contribution in [-0.4, -0.2) is 52.7 Å². The van der Waals surface area contributed by atoms with Gasteiger partial charge >= 0.3 is 0 Å². The second-order valence-corrected chi connectivity index (χ2v) is 8.89. The zero-order valence-corrected chi connectivity index (χ0v) is 16.4. The van der Waals surface area contributed by atoms with Crippen molar-refractivity contribution in [2.75, 3.05) is 24.5 Å². The standard InChI is InChI=1S/C19H25BrFN3O2/c20-13-10-16(21)17(22-11-13)23-8-1-6-19(12-23)7-9-24(18(19)26)14-2-4-15(25)5-3-14/h10-11,14-15,25H,1-9,12H2. The van der Waals surface area contributed by atoms with Crippen molar-refractivity contribution in [1.82, 2.24) is 9.88 Å². The van der Waals surface area contributed by atoms with Crippen molar-refractivity contribution in [3.8, 4) is 0 Å². The largest absolute Gasteiger partial charge is 0.393 e. The average Bonchev–Trinajstić information content (AvgIpc) is 2.92. The minimum atomic E-state index is -0.407. The van der Waals surface area contributed by atoms with Crippen molar-refractivity contribution < 1.29 is 14.3 Å². The highest BCUT2D eigenvalue weighted by Crippen LogP contribution is 2.43. The molecule has 1 N–H and O–H groups in total. The van der Waals surface area contributed by atoms with Gasteiger partial charge in [-0.2, -0.15) is 0 Å². The quantitative estimate of drug-likeness (QED) is 0.790. The number of hydrogen-bond acceptors (Lipinski definition) is 4. The molecule has 26 heavy (non-hydrogen) atoms. The molecule has 1 atom stereocenters. The molecule has 2 aliphatic heterocycles. The maximum Gasteiger partial charge on any atom is 0.230 e. The summed E-state index contributed by atoms with van der Waals surface area (Å²) in [5.41, 5.74) is -0.407. The van der Waals surface area contributed by atoms with Gasteiger partial charge in [0, 0.05) is 36.3 Å². The number of halogens is 2. The number of anilines is 1. The van der Waals surface area contributed by atoms with Crippen molar-refractivity contribution in [3.05, 3.63) is 22.6 Å². The first kappa shape index (κ1) is 18.2. The monoisotopic (exact) mass is 425 g/mol. The first-order valence-electron chi connectivity index (χ1n) is 9.54. The predicted octanol–water partition coefficient (Wildman–Crippen LogP) is 3.11.